The number of rotatable bonds is 0. The summed E-state index contributed by atoms with van der Waals surface area (Å²) in [5.41, 5.74) is 0. The molecule has 0 spiro atoms. The molecular formula is HNaO2Po3. The van der Waals surface area contributed by atoms with E-state index in [0.29, 0.717) is 0 Å². The standard InChI is InChI=1S/Na.2O.3Po.H/q+1;;-1;;;;. The van der Waals surface area contributed by atoms with Gasteiger partial charge in [0.05, 0.1) is 0 Å². The van der Waals surface area contributed by atoms with Crippen LogP contribution in [0.5, 0.6) is 0 Å². The van der Waals surface area contributed by atoms with Gasteiger partial charge in [0.25, 0.3) is 0 Å². The zero-order valence-electron chi connectivity index (χ0n) is 3.08. The molecule has 0 aliphatic heterocycles. The Kier molecular flexibility index (Phi) is 17.1. The molecule has 0 aromatic carbocycles. The molecule has 6 heteroatoms. The molecule has 0 fully saturated rings. The van der Waals surface area contributed by atoms with E-state index < -0.39 is 30.3 Å². The van der Waals surface area contributed by atoms with Gasteiger partial charge in [-0.15, -0.1) is 0 Å². The van der Waals surface area contributed by atoms with Gasteiger partial charge in [0.15, 0.2) is 0 Å². The van der Waals surface area contributed by atoms with Crippen molar-refractivity contribution in [3.8, 4) is 0 Å². The first-order chi connectivity index (χ1) is 2.27. The normalized spacial score (nSPS) is 7.00. The van der Waals surface area contributed by atoms with E-state index >= 15 is 0 Å². The second-order valence-corrected chi connectivity index (χ2v) is 61.4. The van der Waals surface area contributed by atoms with E-state index in [9.17, 15) is 5.91 Å². The molecule has 0 rings (SSSR count). The van der Waals surface area contributed by atoms with Crippen LogP contribution >= 0.6 is 0 Å². The number of hydrogen-bond acceptors (Lipinski definition) is 2. The molecule has 0 aromatic rings. The first-order valence-electron chi connectivity index (χ1n) is 0.683. The van der Waals surface area contributed by atoms with Crippen molar-refractivity contribution in [3.05, 3.63) is 0 Å². The van der Waals surface area contributed by atoms with Crippen LogP contribution in [-0.2, 0) is 2.77 Å². The Bertz CT molecular complexity index is 81.3. The van der Waals surface area contributed by atoms with Crippen LogP contribution in [0.1, 0.15) is 0 Å². The predicted molar refractivity (Wildman–Crippen MR) is 19.3 cm³/mol. The molecule has 32 valence electrons. The van der Waals surface area contributed by atoms with E-state index in [1.165, 1.54) is 19.1 Å². The molecule has 0 aromatic heterocycles. The Hall–Kier alpha value is 3.45. The summed E-state index contributed by atoms with van der Waals surface area (Å²) < 4.78 is 19.3. The van der Waals surface area contributed by atoms with Crippen LogP contribution in [0.15, 0.2) is 0 Å². The van der Waals surface area contributed by atoms with Crippen LogP contribution in [0.3, 0.4) is 0 Å². The average Bonchev–Trinajstić information content (AvgIpc) is 1.38. The Morgan fingerprint density at radius 1 is 1.83 bits per heavy atom. The predicted octanol–water partition coefficient (Wildman–Crippen LogP) is -5.71. The fraction of sp³-hybridized carbons (Fsp3) is 0. The van der Waals surface area contributed by atoms with Gasteiger partial charge in [0.1, 0.15) is 0 Å². The van der Waals surface area contributed by atoms with E-state index in [-0.39, 0.29) is 29.6 Å². The molecule has 0 heterocycles. The van der Waals surface area contributed by atoms with Crippen LogP contribution in [0, 0.1) is 0 Å². The van der Waals surface area contributed by atoms with E-state index in [2.05, 4.69) is 0 Å². The summed E-state index contributed by atoms with van der Waals surface area (Å²) in [4.78, 5) is 0. The van der Waals surface area contributed by atoms with Crippen LogP contribution in [0.2, 0.25) is 0 Å². The molecule has 0 saturated carbocycles. The minimum absolute atomic E-state index is 0. The molecule has 0 amide bonds. The first-order valence-corrected chi connectivity index (χ1v) is 29.8. The summed E-state index contributed by atoms with van der Waals surface area (Å²) >= 11 is -2.33. The van der Waals surface area contributed by atoms with E-state index in [1.54, 1.807) is 0 Å². The SMILES string of the molecule is [Na+].[O]=[Po]([O-])[Po]#[PoH]. The average molecular weight is 683 g/mol. The van der Waals surface area contributed by atoms with Crippen molar-refractivity contribution in [1.82, 2.24) is 0 Å². The van der Waals surface area contributed by atoms with E-state index in [4.69, 9.17) is 0 Å². The summed E-state index contributed by atoms with van der Waals surface area (Å²) in [5, 5.41) is 0. The topological polar surface area (TPSA) is 40.1 Å². The van der Waals surface area contributed by atoms with Gasteiger partial charge in [-0.05, 0) is 0 Å². The fourth-order valence-electron chi connectivity index (χ4n) is 0. The monoisotopic (exact) mass is 683 g/mol. The minimum atomic E-state index is -2.85. The van der Waals surface area contributed by atoms with Gasteiger partial charge in [0, 0.05) is 0 Å². The van der Waals surface area contributed by atoms with Crippen molar-refractivity contribution >= 4 is 49.4 Å². The third-order valence-corrected chi connectivity index (χ3v) is 41.1. The van der Waals surface area contributed by atoms with Gasteiger partial charge >= 0.3 is 84.9 Å². The molecule has 0 bridgehead atoms. The first kappa shape index (κ1) is 12.2. The van der Waals surface area contributed by atoms with Crippen LogP contribution < -0.4 is 32.7 Å². The van der Waals surface area contributed by atoms with Crippen molar-refractivity contribution in [2.24, 2.45) is 0 Å². The van der Waals surface area contributed by atoms with Crippen molar-refractivity contribution in [2.45, 2.75) is 0 Å². The Balaban J connectivity index is 0. The Morgan fingerprint density at radius 2 is 2.00 bits per heavy atom. The molecular weight excluding hydrogens is 682 g/mol. The quantitative estimate of drug-likeness (QED) is 0.239. The van der Waals surface area contributed by atoms with Gasteiger partial charge in [0.2, 0.25) is 0 Å². The molecule has 2 nitrogen and oxygen atoms in total. The molecule has 6 heavy (non-hydrogen) atoms. The second kappa shape index (κ2) is 8.45. The third-order valence-electron chi connectivity index (χ3n) is 0.0609. The Labute approximate surface area is 82.2 Å². The van der Waals surface area contributed by atoms with Gasteiger partial charge in [-0.3, -0.25) is 0 Å². The Morgan fingerprint density at radius 3 is 2.00 bits per heavy atom. The molecule has 0 aliphatic rings. The zero-order valence-corrected chi connectivity index (χ0v) is 14.9. The third kappa shape index (κ3) is 10.4. The van der Waals surface area contributed by atoms with Crippen LogP contribution in [-0.4, -0.2) is 49.4 Å². The maximum atomic E-state index is 9.64. The van der Waals surface area contributed by atoms with Crippen molar-refractivity contribution < 1.29 is 35.5 Å². The summed E-state index contributed by atoms with van der Waals surface area (Å²) in [6.45, 7) is 0. The van der Waals surface area contributed by atoms with Gasteiger partial charge in [-0.25, -0.2) is 0 Å². The molecule has 0 radical (unpaired) electrons. The van der Waals surface area contributed by atoms with Crippen molar-refractivity contribution in [2.75, 3.05) is 0 Å². The summed E-state index contributed by atoms with van der Waals surface area (Å²) in [5.74, 6) is 0. The van der Waals surface area contributed by atoms with Gasteiger partial charge in [-0.2, -0.15) is 0 Å². The second-order valence-electron chi connectivity index (χ2n) is 0.279. The summed E-state index contributed by atoms with van der Waals surface area (Å²) in [6, 6.07) is 0. The van der Waals surface area contributed by atoms with Crippen LogP contribution in [0.25, 0.3) is 0 Å². The summed E-state index contributed by atoms with van der Waals surface area (Å²) in [6.07, 6.45) is 0. The van der Waals surface area contributed by atoms with Crippen molar-refractivity contribution in [1.29, 1.82) is 0 Å². The van der Waals surface area contributed by atoms with E-state index in [1.807, 2.05) is 0 Å². The summed E-state index contributed by atoms with van der Waals surface area (Å²) in [7, 11) is 0. The van der Waals surface area contributed by atoms with Gasteiger partial charge < -0.3 is 0 Å². The van der Waals surface area contributed by atoms with Crippen LogP contribution in [0.4, 0.5) is 0 Å². The molecule has 0 saturated heterocycles. The zero-order chi connectivity index (χ0) is 4.28. The molecule has 0 atom stereocenters. The van der Waals surface area contributed by atoms with Crippen molar-refractivity contribution in [3.63, 3.8) is 0 Å². The number of hydrogen-bond donors (Lipinski definition) is 0. The molecule has 0 unspecified atom stereocenters. The van der Waals surface area contributed by atoms with Gasteiger partial charge in [-0.1, -0.05) is 0 Å². The van der Waals surface area contributed by atoms with E-state index in [0.717, 1.165) is 0 Å². The molecule has 0 aliphatic carbocycles. The fourth-order valence-corrected chi connectivity index (χ4v) is 0. The maximum absolute atomic E-state index is 9.64. The molecule has 0 N–H and O–H groups in total.